The van der Waals surface area contributed by atoms with Gasteiger partial charge in [0.15, 0.2) is 0 Å². The fourth-order valence-corrected chi connectivity index (χ4v) is 2.36. The minimum absolute atomic E-state index is 0.0485. The Kier molecular flexibility index (Phi) is 4.84. The van der Waals surface area contributed by atoms with Crippen LogP contribution < -0.4 is 10.6 Å². The lowest BCUT2D eigenvalue weighted by molar-refractivity contribution is -0.138. The van der Waals surface area contributed by atoms with E-state index in [2.05, 4.69) is 10.6 Å². The molecule has 1 aromatic carbocycles. The van der Waals surface area contributed by atoms with Gasteiger partial charge in [0.2, 0.25) is 5.91 Å². The van der Waals surface area contributed by atoms with Crippen molar-refractivity contribution in [3.8, 4) is 0 Å². The molecule has 1 saturated heterocycles. The van der Waals surface area contributed by atoms with Crippen LogP contribution in [0.25, 0.3) is 0 Å². The normalized spacial score (nSPS) is 22.3. The smallest absolute Gasteiger partial charge is 0.391 e. The number of hydrogen-bond acceptors (Lipinski definition) is 3. The first-order valence-electron chi connectivity index (χ1n) is 6.68. The monoisotopic (exact) mass is 302 g/mol. The first-order valence-corrected chi connectivity index (χ1v) is 6.68. The van der Waals surface area contributed by atoms with Crippen LogP contribution in [0.5, 0.6) is 0 Å². The number of carbonyl (C=O) groups excluding carboxylic acids is 1. The van der Waals surface area contributed by atoms with Crippen molar-refractivity contribution in [1.29, 1.82) is 0 Å². The summed E-state index contributed by atoms with van der Waals surface area (Å²) >= 11 is 0. The number of aliphatic hydroxyl groups excluding tert-OH is 1. The molecule has 0 saturated carbocycles. The first-order chi connectivity index (χ1) is 9.88. The van der Waals surface area contributed by atoms with Gasteiger partial charge in [0, 0.05) is 25.6 Å². The van der Waals surface area contributed by atoms with Gasteiger partial charge < -0.3 is 15.7 Å². The summed E-state index contributed by atoms with van der Waals surface area (Å²) in [5.74, 6) is -0.586. The van der Waals surface area contributed by atoms with Gasteiger partial charge >= 0.3 is 6.18 Å². The van der Waals surface area contributed by atoms with Crippen molar-refractivity contribution in [1.82, 2.24) is 10.6 Å². The van der Waals surface area contributed by atoms with Crippen LogP contribution in [0.4, 0.5) is 13.2 Å². The van der Waals surface area contributed by atoms with Gasteiger partial charge in [0.1, 0.15) is 0 Å². The number of hydrogen-bond donors (Lipinski definition) is 3. The molecule has 0 radical (unpaired) electrons. The molecule has 2 rings (SSSR count). The molecule has 4 nitrogen and oxygen atoms in total. The average Bonchev–Trinajstić information content (AvgIpc) is 2.81. The molecule has 1 fully saturated rings. The molecule has 1 amide bonds. The fraction of sp³-hybridized carbons (Fsp3) is 0.500. The Balaban J connectivity index is 1.94. The second-order valence-corrected chi connectivity index (χ2v) is 5.12. The van der Waals surface area contributed by atoms with Gasteiger partial charge in [-0.25, -0.2) is 0 Å². The number of amides is 1. The Morgan fingerprint density at radius 3 is 2.67 bits per heavy atom. The second-order valence-electron chi connectivity index (χ2n) is 5.12. The molecule has 116 valence electrons. The molecular formula is C14H17F3N2O2. The maximum absolute atomic E-state index is 12.8. The van der Waals surface area contributed by atoms with Crippen molar-refractivity contribution in [3.05, 3.63) is 35.4 Å². The highest BCUT2D eigenvalue weighted by molar-refractivity contribution is 5.79. The van der Waals surface area contributed by atoms with Crippen LogP contribution in [-0.2, 0) is 17.4 Å². The highest BCUT2D eigenvalue weighted by atomic mass is 19.4. The fourth-order valence-electron chi connectivity index (χ4n) is 2.36. The summed E-state index contributed by atoms with van der Waals surface area (Å²) in [7, 11) is 0. The summed E-state index contributed by atoms with van der Waals surface area (Å²) in [6, 6.07) is 5.04. The lowest BCUT2D eigenvalue weighted by atomic mass is 10.0. The van der Waals surface area contributed by atoms with E-state index in [1.165, 1.54) is 18.2 Å². The molecule has 0 bridgehead atoms. The molecule has 1 heterocycles. The van der Waals surface area contributed by atoms with Crippen LogP contribution in [0.15, 0.2) is 24.3 Å². The molecule has 0 aliphatic carbocycles. The van der Waals surface area contributed by atoms with Gasteiger partial charge in [0.25, 0.3) is 0 Å². The first kappa shape index (κ1) is 15.8. The van der Waals surface area contributed by atoms with E-state index in [-0.39, 0.29) is 24.4 Å². The molecule has 0 spiro atoms. The van der Waals surface area contributed by atoms with Gasteiger partial charge in [-0.1, -0.05) is 18.2 Å². The minimum atomic E-state index is -4.47. The van der Waals surface area contributed by atoms with Crippen molar-refractivity contribution in [3.63, 3.8) is 0 Å². The van der Waals surface area contributed by atoms with Crippen molar-refractivity contribution in [2.75, 3.05) is 19.6 Å². The summed E-state index contributed by atoms with van der Waals surface area (Å²) in [6.45, 7) is 1.30. The van der Waals surface area contributed by atoms with E-state index in [4.69, 9.17) is 0 Å². The third-order valence-corrected chi connectivity index (χ3v) is 3.54. The standard InChI is InChI=1S/C14H17F3N2O2/c15-14(16,17)11-4-2-1-3-9(11)5-13(21)19-7-10-6-18-8-12(10)20/h1-4,10,12,18,20H,5-8H2,(H,19,21). The van der Waals surface area contributed by atoms with E-state index < -0.39 is 23.8 Å². The zero-order chi connectivity index (χ0) is 15.5. The Hall–Kier alpha value is -1.60. The molecule has 21 heavy (non-hydrogen) atoms. The van der Waals surface area contributed by atoms with Gasteiger partial charge in [-0.2, -0.15) is 13.2 Å². The predicted octanol–water partition coefficient (Wildman–Crippen LogP) is 0.944. The zero-order valence-electron chi connectivity index (χ0n) is 11.3. The molecule has 7 heteroatoms. The summed E-state index contributed by atoms with van der Waals surface area (Å²) in [4.78, 5) is 11.8. The topological polar surface area (TPSA) is 61.4 Å². The number of rotatable bonds is 4. The summed E-state index contributed by atoms with van der Waals surface area (Å²) in [5, 5.41) is 15.1. The Morgan fingerprint density at radius 2 is 2.05 bits per heavy atom. The molecule has 1 aromatic rings. The molecule has 0 aromatic heterocycles. The van der Waals surface area contributed by atoms with Crippen molar-refractivity contribution >= 4 is 5.91 Å². The number of halogens is 3. The number of carbonyl (C=O) groups is 1. The van der Waals surface area contributed by atoms with Gasteiger partial charge in [-0.3, -0.25) is 4.79 Å². The van der Waals surface area contributed by atoms with Crippen LogP contribution in [0, 0.1) is 5.92 Å². The maximum Gasteiger partial charge on any atom is 0.416 e. The number of nitrogens with one attached hydrogen (secondary N) is 2. The number of β-amino-alcohol motifs (C(OH)–C–C–N with tert-alkyl or cyclic N) is 1. The highest BCUT2D eigenvalue weighted by Crippen LogP contribution is 2.31. The average molecular weight is 302 g/mol. The Bertz CT molecular complexity index is 505. The largest absolute Gasteiger partial charge is 0.416 e. The molecule has 2 unspecified atom stereocenters. The van der Waals surface area contributed by atoms with Crippen LogP contribution in [0.1, 0.15) is 11.1 Å². The quantitative estimate of drug-likeness (QED) is 0.776. The summed E-state index contributed by atoms with van der Waals surface area (Å²) in [6.07, 6.45) is -5.33. The third kappa shape index (κ3) is 4.18. The Morgan fingerprint density at radius 1 is 1.33 bits per heavy atom. The lowest BCUT2D eigenvalue weighted by Gasteiger charge is -2.15. The summed E-state index contributed by atoms with van der Waals surface area (Å²) in [5.41, 5.74) is -0.838. The molecule has 2 atom stereocenters. The van der Waals surface area contributed by atoms with E-state index in [0.717, 1.165) is 6.07 Å². The molecule has 1 aliphatic rings. The van der Waals surface area contributed by atoms with E-state index in [9.17, 15) is 23.1 Å². The van der Waals surface area contributed by atoms with Gasteiger partial charge in [0.05, 0.1) is 18.1 Å². The number of alkyl halides is 3. The molecule has 1 aliphatic heterocycles. The van der Waals surface area contributed by atoms with E-state index in [1.807, 2.05) is 0 Å². The van der Waals surface area contributed by atoms with Crippen molar-refractivity contribution in [2.45, 2.75) is 18.7 Å². The predicted molar refractivity (Wildman–Crippen MR) is 70.5 cm³/mol. The third-order valence-electron chi connectivity index (χ3n) is 3.54. The van der Waals surface area contributed by atoms with E-state index in [0.29, 0.717) is 13.1 Å². The minimum Gasteiger partial charge on any atom is -0.391 e. The van der Waals surface area contributed by atoms with Crippen LogP contribution in [-0.4, -0.2) is 36.8 Å². The van der Waals surface area contributed by atoms with Crippen molar-refractivity contribution < 1.29 is 23.1 Å². The van der Waals surface area contributed by atoms with Gasteiger partial charge in [-0.05, 0) is 11.6 Å². The Labute approximate surface area is 120 Å². The van der Waals surface area contributed by atoms with E-state index >= 15 is 0 Å². The van der Waals surface area contributed by atoms with Crippen LogP contribution >= 0.6 is 0 Å². The maximum atomic E-state index is 12.8. The number of aliphatic hydroxyl groups is 1. The van der Waals surface area contributed by atoms with Crippen LogP contribution in [0.3, 0.4) is 0 Å². The SMILES string of the molecule is O=C(Cc1ccccc1C(F)(F)F)NCC1CNCC1O. The van der Waals surface area contributed by atoms with Gasteiger partial charge in [-0.15, -0.1) is 0 Å². The molecule has 3 N–H and O–H groups in total. The molecular weight excluding hydrogens is 285 g/mol. The van der Waals surface area contributed by atoms with E-state index in [1.54, 1.807) is 0 Å². The zero-order valence-corrected chi connectivity index (χ0v) is 11.3. The number of benzene rings is 1. The highest BCUT2D eigenvalue weighted by Gasteiger charge is 2.33. The van der Waals surface area contributed by atoms with Crippen LogP contribution in [0.2, 0.25) is 0 Å². The second kappa shape index (κ2) is 6.44. The lowest BCUT2D eigenvalue weighted by Crippen LogP contribution is -2.35. The van der Waals surface area contributed by atoms with Crippen molar-refractivity contribution in [2.24, 2.45) is 5.92 Å². The summed E-state index contributed by atoms with van der Waals surface area (Å²) < 4.78 is 38.4.